The standard InChI is InChI=1S/C20H24Cl2N6O/c1-12(2)15-11-25-28-18(15)26-20(29-14-6-4-8-23-10-14)27-19(28)24-9-13-5-3-7-16(21)17(13)22/h3,5,7,11-12,14,23H,4,6,8-10H2,1-2H3,(H,24,26,27). The molecule has 1 aliphatic rings. The number of nitrogens with zero attached hydrogens (tertiary/aromatic N) is 4. The van der Waals surface area contributed by atoms with Crippen LogP contribution in [0, 0.1) is 0 Å². The third-order valence-corrected chi connectivity index (χ3v) is 5.85. The average molecular weight is 435 g/mol. The Morgan fingerprint density at radius 3 is 2.93 bits per heavy atom. The second-order valence-electron chi connectivity index (χ2n) is 7.47. The van der Waals surface area contributed by atoms with Crippen LogP contribution < -0.4 is 15.4 Å². The van der Waals surface area contributed by atoms with Crippen LogP contribution in [0.1, 0.15) is 43.7 Å². The number of rotatable bonds is 6. The van der Waals surface area contributed by atoms with Gasteiger partial charge in [-0.15, -0.1) is 0 Å². The summed E-state index contributed by atoms with van der Waals surface area (Å²) in [4.78, 5) is 9.24. The molecule has 2 aromatic heterocycles. The summed E-state index contributed by atoms with van der Waals surface area (Å²) in [5, 5.41) is 12.2. The van der Waals surface area contributed by atoms with Crippen molar-refractivity contribution in [2.24, 2.45) is 0 Å². The molecule has 2 N–H and O–H groups in total. The predicted molar refractivity (Wildman–Crippen MR) is 115 cm³/mol. The zero-order chi connectivity index (χ0) is 20.4. The second-order valence-corrected chi connectivity index (χ2v) is 8.26. The lowest BCUT2D eigenvalue weighted by Crippen LogP contribution is -2.37. The molecule has 7 nitrogen and oxygen atoms in total. The molecule has 1 aliphatic heterocycles. The first-order valence-corrected chi connectivity index (χ1v) is 10.6. The van der Waals surface area contributed by atoms with Crippen molar-refractivity contribution >= 4 is 34.8 Å². The van der Waals surface area contributed by atoms with Gasteiger partial charge in [0, 0.05) is 18.7 Å². The van der Waals surface area contributed by atoms with Crippen LogP contribution in [0.25, 0.3) is 5.65 Å². The number of piperidine rings is 1. The third kappa shape index (κ3) is 4.42. The number of anilines is 1. The van der Waals surface area contributed by atoms with E-state index in [1.807, 2.05) is 18.3 Å². The van der Waals surface area contributed by atoms with Crippen molar-refractivity contribution in [3.8, 4) is 6.01 Å². The average Bonchev–Trinajstić information content (AvgIpc) is 3.14. The second kappa shape index (κ2) is 8.73. The Hall–Kier alpha value is -2.09. The van der Waals surface area contributed by atoms with E-state index < -0.39 is 0 Å². The molecule has 9 heteroatoms. The van der Waals surface area contributed by atoms with Crippen LogP contribution in [-0.2, 0) is 6.54 Å². The van der Waals surface area contributed by atoms with Crippen molar-refractivity contribution in [1.29, 1.82) is 0 Å². The first kappa shape index (κ1) is 20.2. The highest BCUT2D eigenvalue weighted by Gasteiger charge is 2.20. The molecule has 1 aromatic carbocycles. The molecule has 1 atom stereocenters. The van der Waals surface area contributed by atoms with E-state index in [2.05, 4.69) is 39.5 Å². The molecule has 0 spiro atoms. The quantitative estimate of drug-likeness (QED) is 0.602. The largest absolute Gasteiger partial charge is 0.459 e. The monoisotopic (exact) mass is 434 g/mol. The summed E-state index contributed by atoms with van der Waals surface area (Å²) in [7, 11) is 0. The molecule has 3 aromatic rings. The molecule has 154 valence electrons. The molecule has 1 fully saturated rings. The summed E-state index contributed by atoms with van der Waals surface area (Å²) in [5.41, 5.74) is 2.66. The maximum atomic E-state index is 6.32. The number of aromatic nitrogens is 4. The van der Waals surface area contributed by atoms with Crippen LogP contribution in [-0.4, -0.2) is 38.8 Å². The van der Waals surface area contributed by atoms with E-state index in [4.69, 9.17) is 27.9 Å². The van der Waals surface area contributed by atoms with E-state index in [0.717, 1.165) is 42.7 Å². The van der Waals surface area contributed by atoms with Crippen LogP contribution in [0.3, 0.4) is 0 Å². The summed E-state index contributed by atoms with van der Waals surface area (Å²) < 4.78 is 7.80. The summed E-state index contributed by atoms with van der Waals surface area (Å²) in [6.45, 7) is 6.50. The zero-order valence-electron chi connectivity index (χ0n) is 16.5. The Balaban J connectivity index is 1.66. The first-order chi connectivity index (χ1) is 14.0. The van der Waals surface area contributed by atoms with Crippen LogP contribution in [0.5, 0.6) is 6.01 Å². The molecule has 0 radical (unpaired) electrons. The molecule has 3 heterocycles. The van der Waals surface area contributed by atoms with Gasteiger partial charge in [-0.3, -0.25) is 0 Å². The van der Waals surface area contributed by atoms with E-state index in [-0.39, 0.29) is 12.0 Å². The van der Waals surface area contributed by atoms with Gasteiger partial charge in [-0.1, -0.05) is 49.2 Å². The van der Waals surface area contributed by atoms with E-state index >= 15 is 0 Å². The van der Waals surface area contributed by atoms with Gasteiger partial charge in [-0.05, 0) is 36.9 Å². The van der Waals surface area contributed by atoms with Crippen molar-refractivity contribution in [2.75, 3.05) is 18.4 Å². The maximum absolute atomic E-state index is 6.32. The Kier molecular flexibility index (Phi) is 6.08. The van der Waals surface area contributed by atoms with Gasteiger partial charge in [0.25, 0.3) is 0 Å². The highest BCUT2D eigenvalue weighted by Crippen LogP contribution is 2.27. The smallest absolute Gasteiger partial charge is 0.322 e. The fraction of sp³-hybridized carbons (Fsp3) is 0.450. The molecule has 0 saturated carbocycles. The van der Waals surface area contributed by atoms with Crippen molar-refractivity contribution < 1.29 is 4.74 Å². The number of halogens is 2. The van der Waals surface area contributed by atoms with Gasteiger partial charge in [-0.25, -0.2) is 0 Å². The number of nitrogens with one attached hydrogen (secondary N) is 2. The number of hydrogen-bond acceptors (Lipinski definition) is 6. The van der Waals surface area contributed by atoms with E-state index in [9.17, 15) is 0 Å². The van der Waals surface area contributed by atoms with Gasteiger partial charge >= 0.3 is 6.01 Å². The molecule has 1 saturated heterocycles. The van der Waals surface area contributed by atoms with Gasteiger partial charge in [0.05, 0.1) is 16.2 Å². The Morgan fingerprint density at radius 1 is 1.31 bits per heavy atom. The van der Waals surface area contributed by atoms with Crippen LogP contribution >= 0.6 is 23.2 Å². The number of hydrogen-bond donors (Lipinski definition) is 2. The highest BCUT2D eigenvalue weighted by molar-refractivity contribution is 6.42. The summed E-state index contributed by atoms with van der Waals surface area (Å²) in [5.74, 6) is 0.832. The van der Waals surface area contributed by atoms with Crippen molar-refractivity contribution in [2.45, 2.75) is 45.3 Å². The molecular weight excluding hydrogens is 411 g/mol. The third-order valence-electron chi connectivity index (χ3n) is 4.99. The normalized spacial score (nSPS) is 17.1. The van der Waals surface area contributed by atoms with Gasteiger partial charge in [0.2, 0.25) is 5.95 Å². The Labute approximate surface area is 179 Å². The van der Waals surface area contributed by atoms with Gasteiger partial charge in [-0.2, -0.15) is 19.6 Å². The molecule has 0 bridgehead atoms. The molecular formula is C20H24Cl2N6O. The molecule has 0 aliphatic carbocycles. The lowest BCUT2D eigenvalue weighted by atomic mass is 10.1. The fourth-order valence-electron chi connectivity index (χ4n) is 3.38. The van der Waals surface area contributed by atoms with Crippen LogP contribution in [0.4, 0.5) is 5.95 Å². The molecule has 29 heavy (non-hydrogen) atoms. The SMILES string of the molecule is CC(C)c1cnn2c(NCc3cccc(Cl)c3Cl)nc(OC3CCCNC3)nc12. The Morgan fingerprint density at radius 2 is 2.17 bits per heavy atom. The number of fused-ring (bicyclic) bond motifs is 1. The minimum Gasteiger partial charge on any atom is -0.459 e. The van der Waals surface area contributed by atoms with Gasteiger partial charge < -0.3 is 15.4 Å². The summed E-state index contributed by atoms with van der Waals surface area (Å²) >= 11 is 12.5. The molecule has 1 unspecified atom stereocenters. The van der Waals surface area contributed by atoms with E-state index in [1.165, 1.54) is 0 Å². The van der Waals surface area contributed by atoms with E-state index in [0.29, 0.717) is 28.5 Å². The number of benzene rings is 1. The zero-order valence-corrected chi connectivity index (χ0v) is 18.0. The topological polar surface area (TPSA) is 76.4 Å². The fourth-order valence-corrected chi connectivity index (χ4v) is 3.77. The molecule has 0 amide bonds. The lowest BCUT2D eigenvalue weighted by molar-refractivity contribution is 0.153. The van der Waals surface area contributed by atoms with Crippen molar-refractivity contribution in [3.05, 3.63) is 45.6 Å². The minimum atomic E-state index is 0.0619. The van der Waals surface area contributed by atoms with Crippen LogP contribution in [0.15, 0.2) is 24.4 Å². The van der Waals surface area contributed by atoms with Crippen molar-refractivity contribution in [1.82, 2.24) is 24.9 Å². The Bertz CT molecular complexity index is 1000. The van der Waals surface area contributed by atoms with Gasteiger partial charge in [0.15, 0.2) is 5.65 Å². The van der Waals surface area contributed by atoms with Crippen LogP contribution in [0.2, 0.25) is 10.0 Å². The van der Waals surface area contributed by atoms with Gasteiger partial charge in [0.1, 0.15) is 6.10 Å². The highest BCUT2D eigenvalue weighted by atomic mass is 35.5. The maximum Gasteiger partial charge on any atom is 0.322 e. The van der Waals surface area contributed by atoms with Crippen molar-refractivity contribution in [3.63, 3.8) is 0 Å². The lowest BCUT2D eigenvalue weighted by Gasteiger charge is -2.23. The minimum absolute atomic E-state index is 0.0619. The summed E-state index contributed by atoms with van der Waals surface area (Å²) in [6, 6.07) is 5.92. The summed E-state index contributed by atoms with van der Waals surface area (Å²) in [6.07, 6.45) is 3.96. The molecule has 4 rings (SSSR count). The first-order valence-electron chi connectivity index (χ1n) is 9.82. The number of ether oxygens (including phenoxy) is 1. The predicted octanol–water partition coefficient (Wildman–Crippen LogP) is 4.30. The van der Waals surface area contributed by atoms with E-state index in [1.54, 1.807) is 10.6 Å².